The molecule has 0 amide bonds. The first-order valence-corrected chi connectivity index (χ1v) is 38.1. The number of aromatic nitrogens is 6. The minimum absolute atomic E-state index is 0.663. The molecule has 108 heavy (non-hydrogen) atoms. The quantitative estimate of drug-likeness (QED) is 0.115. The smallest absolute Gasteiger partial charge is 0.160 e. The fourth-order valence-corrected chi connectivity index (χ4v) is 18.0. The molecular weight excluding hydrogens is 1350 g/mol. The van der Waals surface area contributed by atoms with Gasteiger partial charge in [-0.15, -0.1) is 22.7 Å². The summed E-state index contributed by atoms with van der Waals surface area (Å²) in [5.41, 5.74) is 25.3. The van der Waals surface area contributed by atoms with Crippen molar-refractivity contribution in [2.45, 2.75) is 0 Å². The third kappa shape index (κ3) is 11.2. The molecule has 0 bridgehead atoms. The summed E-state index contributed by atoms with van der Waals surface area (Å²) in [6.45, 7) is 0. The van der Waals surface area contributed by atoms with Crippen LogP contribution < -0.4 is 0 Å². The zero-order valence-electron chi connectivity index (χ0n) is 58.3. The van der Waals surface area contributed by atoms with Gasteiger partial charge in [0.05, 0.1) is 50.5 Å². The number of nitrogens with zero attached hydrogens (tertiary/aromatic N) is 6. The van der Waals surface area contributed by atoms with Crippen LogP contribution in [0.1, 0.15) is 0 Å². The molecule has 0 fully saturated rings. The zero-order chi connectivity index (χ0) is 71.2. The van der Waals surface area contributed by atoms with Gasteiger partial charge in [0.25, 0.3) is 0 Å². The monoisotopic (exact) mass is 1410 g/mol. The summed E-state index contributed by atoms with van der Waals surface area (Å²) in [4.78, 5) is 24.2. The first-order valence-electron chi connectivity index (χ1n) is 36.5. The molecule has 21 aromatic rings. The highest BCUT2D eigenvalue weighted by atomic mass is 32.1. The third-order valence-electron chi connectivity index (χ3n) is 21.2. The average molecular weight is 1410 g/mol. The van der Waals surface area contributed by atoms with Crippen LogP contribution in [0.15, 0.2) is 376 Å². The summed E-state index contributed by atoms with van der Waals surface area (Å²) in [7, 11) is 0. The second-order valence-corrected chi connectivity index (χ2v) is 29.8. The topological polar surface area (TPSA) is 61.4 Å². The Labute approximate surface area is 631 Å². The van der Waals surface area contributed by atoms with Gasteiger partial charge in [-0.25, -0.2) is 19.9 Å². The van der Waals surface area contributed by atoms with Crippen molar-refractivity contribution in [2.75, 3.05) is 0 Å². The van der Waals surface area contributed by atoms with Gasteiger partial charge in [-0.3, -0.25) is 0 Å². The maximum atomic E-state index is 5.47. The highest BCUT2D eigenvalue weighted by Gasteiger charge is 2.22. The number of hydrogen-bond donors (Lipinski definition) is 0. The minimum atomic E-state index is 0.663. The van der Waals surface area contributed by atoms with E-state index in [1.165, 1.54) is 46.4 Å². The molecule has 6 aromatic heterocycles. The number of hydrogen-bond acceptors (Lipinski definition) is 6. The standard InChI is InChI=1S/C100H62N6S2/c1-3-19-64(20-4-1)79-25-9-10-27-81(79)89-62-87(67-41-45-69(46-42-67)98-60-75-22-8-18-34-96(75)108-98)102-100(104-89)77-52-54-94-85(58-77)83-29-13-16-32-92(83)106(94)90-30-14-11-26-80(90)65-37-35-63(36-38-65)70-47-48-72-56-73(50-49-71(72)55-70)88-61-86(66-39-43-68(44-40-66)97-59-74-21-7-17-33-95(74)107-97)101-99(103-88)76-51-53-93-84(57-76)82-28-12-15-31-91(82)105(93)78-23-5-2-6-24-78/h1-62H. The number of rotatable bonds is 13. The highest BCUT2D eigenvalue weighted by Crippen LogP contribution is 2.44. The number of fused-ring (bicyclic) bond motifs is 9. The first-order chi connectivity index (χ1) is 53.5. The lowest BCUT2D eigenvalue weighted by Crippen LogP contribution is -1.98. The summed E-state index contributed by atoms with van der Waals surface area (Å²) in [5, 5.41) is 9.41. The molecule has 6 nitrogen and oxygen atoms in total. The van der Waals surface area contributed by atoms with Crippen molar-refractivity contribution in [3.8, 4) is 133 Å². The van der Waals surface area contributed by atoms with Crippen molar-refractivity contribution in [1.29, 1.82) is 0 Å². The molecule has 0 saturated carbocycles. The lowest BCUT2D eigenvalue weighted by molar-refractivity contribution is 1.17. The molecular formula is C100H62N6S2. The van der Waals surface area contributed by atoms with Crippen molar-refractivity contribution in [1.82, 2.24) is 29.1 Å². The van der Waals surface area contributed by atoms with Crippen molar-refractivity contribution in [3.63, 3.8) is 0 Å². The molecule has 0 atom stereocenters. The van der Waals surface area contributed by atoms with E-state index < -0.39 is 0 Å². The van der Waals surface area contributed by atoms with E-state index in [1.807, 2.05) is 22.7 Å². The zero-order valence-corrected chi connectivity index (χ0v) is 59.9. The predicted molar refractivity (Wildman–Crippen MR) is 454 cm³/mol. The maximum absolute atomic E-state index is 5.47. The van der Waals surface area contributed by atoms with Gasteiger partial charge in [0.15, 0.2) is 11.6 Å². The Balaban J connectivity index is 0.608. The molecule has 15 aromatic carbocycles. The van der Waals surface area contributed by atoms with E-state index in [4.69, 9.17) is 19.9 Å². The molecule has 21 rings (SSSR count). The average Bonchev–Trinajstić information content (AvgIpc) is 1.60. The molecule has 0 aliphatic rings. The lowest BCUT2D eigenvalue weighted by Gasteiger charge is -2.15. The molecule has 0 saturated heterocycles. The normalized spacial score (nSPS) is 11.7. The molecule has 0 aliphatic carbocycles. The Kier molecular flexibility index (Phi) is 15.2. The second kappa shape index (κ2) is 26.1. The van der Waals surface area contributed by atoms with Crippen LogP contribution in [-0.4, -0.2) is 29.1 Å². The maximum Gasteiger partial charge on any atom is 0.160 e. The molecule has 6 heterocycles. The van der Waals surface area contributed by atoms with Crippen LogP contribution in [0.2, 0.25) is 0 Å². The fraction of sp³-hybridized carbons (Fsp3) is 0. The predicted octanol–water partition coefficient (Wildman–Crippen LogP) is 27.4. The Morgan fingerprint density at radius 2 is 0.602 bits per heavy atom. The molecule has 0 unspecified atom stereocenters. The van der Waals surface area contributed by atoms with Gasteiger partial charge in [0.2, 0.25) is 0 Å². The third-order valence-corrected chi connectivity index (χ3v) is 23.5. The van der Waals surface area contributed by atoms with Crippen molar-refractivity contribution < 1.29 is 0 Å². The Morgan fingerprint density at radius 1 is 0.204 bits per heavy atom. The van der Waals surface area contributed by atoms with Crippen molar-refractivity contribution in [2.24, 2.45) is 0 Å². The van der Waals surface area contributed by atoms with E-state index in [0.717, 1.165) is 150 Å². The minimum Gasteiger partial charge on any atom is -0.309 e. The van der Waals surface area contributed by atoms with Crippen LogP contribution in [0.25, 0.3) is 208 Å². The van der Waals surface area contributed by atoms with E-state index in [0.29, 0.717) is 11.6 Å². The molecule has 0 radical (unpaired) electrons. The van der Waals surface area contributed by atoms with E-state index in [1.54, 1.807) is 0 Å². The summed E-state index contributed by atoms with van der Waals surface area (Å²) in [6.07, 6.45) is 0. The van der Waals surface area contributed by atoms with Crippen LogP contribution in [-0.2, 0) is 0 Å². The van der Waals surface area contributed by atoms with Crippen molar-refractivity contribution >= 4 is 97.2 Å². The van der Waals surface area contributed by atoms with Gasteiger partial charge in [-0.05, 0) is 176 Å². The second-order valence-electron chi connectivity index (χ2n) is 27.7. The number of para-hydroxylation sites is 4. The summed E-state index contributed by atoms with van der Waals surface area (Å²) < 4.78 is 7.34. The molecule has 0 aliphatic heterocycles. The largest absolute Gasteiger partial charge is 0.309 e. The fourth-order valence-electron chi connectivity index (χ4n) is 15.8. The first kappa shape index (κ1) is 62.8. The van der Waals surface area contributed by atoms with Gasteiger partial charge in [0.1, 0.15) is 0 Å². The molecule has 0 N–H and O–H groups in total. The van der Waals surface area contributed by atoms with Gasteiger partial charge >= 0.3 is 0 Å². The molecule has 8 heteroatoms. The van der Waals surface area contributed by atoms with Crippen molar-refractivity contribution in [3.05, 3.63) is 376 Å². The lowest BCUT2D eigenvalue weighted by atomic mass is 9.96. The van der Waals surface area contributed by atoms with Crippen LogP contribution >= 0.6 is 22.7 Å². The van der Waals surface area contributed by atoms with E-state index in [2.05, 4.69) is 385 Å². The van der Waals surface area contributed by atoms with Crippen LogP contribution in [0.4, 0.5) is 0 Å². The summed E-state index contributed by atoms with van der Waals surface area (Å²) >= 11 is 3.64. The van der Waals surface area contributed by atoms with Gasteiger partial charge in [-0.2, -0.15) is 0 Å². The SMILES string of the molecule is c1ccc(-c2ccccc2-c2cc(-c3ccc(-c4cc5ccccc5s4)cc3)nc(-c3ccc4c(c3)c3ccccc3n4-c3ccccc3-c3ccc(-c4ccc5cc(-c6cc(-c7ccc(-c8cc9ccccc9s8)cc7)nc(-c7ccc8c(c7)c7ccccc7n8-c7ccccc7)n6)ccc5c4)cc3)n2)cc1. The van der Waals surface area contributed by atoms with E-state index in [9.17, 15) is 0 Å². The molecule has 0 spiro atoms. The summed E-state index contributed by atoms with van der Waals surface area (Å²) in [5.74, 6) is 1.34. The van der Waals surface area contributed by atoms with Gasteiger partial charge < -0.3 is 9.13 Å². The number of benzene rings is 15. The van der Waals surface area contributed by atoms with Crippen LogP contribution in [0.3, 0.4) is 0 Å². The van der Waals surface area contributed by atoms with Crippen LogP contribution in [0, 0.1) is 0 Å². The number of thiophene rings is 2. The van der Waals surface area contributed by atoms with Crippen LogP contribution in [0.5, 0.6) is 0 Å². The Hall–Kier alpha value is -13.8. The van der Waals surface area contributed by atoms with E-state index in [-0.39, 0.29) is 0 Å². The molecule has 504 valence electrons. The Morgan fingerprint density at radius 3 is 1.20 bits per heavy atom. The van der Waals surface area contributed by atoms with E-state index >= 15 is 0 Å². The van der Waals surface area contributed by atoms with Gasteiger partial charge in [-0.1, -0.05) is 261 Å². The highest BCUT2D eigenvalue weighted by molar-refractivity contribution is 7.22. The van der Waals surface area contributed by atoms with Gasteiger partial charge in [0, 0.05) is 85.3 Å². The Bertz CT molecular complexity index is 7020. The summed E-state index contributed by atoms with van der Waals surface area (Å²) in [6, 6.07) is 136.